The molecular formula is C13H14ClN3O3. The van der Waals surface area contributed by atoms with Gasteiger partial charge in [-0.25, -0.2) is 9.59 Å². The third kappa shape index (κ3) is 4.44. The lowest BCUT2D eigenvalue weighted by atomic mass is 10.2. The summed E-state index contributed by atoms with van der Waals surface area (Å²) in [7, 11) is 0. The van der Waals surface area contributed by atoms with Crippen LogP contribution >= 0.6 is 11.6 Å². The minimum atomic E-state index is -1.13. The minimum Gasteiger partial charge on any atom is -0.478 e. The van der Waals surface area contributed by atoms with Crippen LogP contribution in [0.3, 0.4) is 0 Å². The SMILES string of the molecule is CCN(CCC#N)C(=O)Nc1cc(Cl)cc(C(=O)O)c1. The Kier molecular flexibility index (Phi) is 5.81. The number of hydrogen-bond acceptors (Lipinski definition) is 3. The molecule has 0 saturated carbocycles. The van der Waals surface area contributed by atoms with E-state index in [9.17, 15) is 9.59 Å². The maximum atomic E-state index is 12.0. The van der Waals surface area contributed by atoms with Gasteiger partial charge in [-0.2, -0.15) is 5.26 Å². The van der Waals surface area contributed by atoms with Crippen LogP contribution < -0.4 is 5.32 Å². The van der Waals surface area contributed by atoms with Crippen LogP contribution in [0.5, 0.6) is 0 Å². The molecule has 0 heterocycles. The Hall–Kier alpha value is -2.26. The number of benzene rings is 1. The van der Waals surface area contributed by atoms with E-state index < -0.39 is 12.0 Å². The average molecular weight is 296 g/mol. The first-order valence-corrected chi connectivity index (χ1v) is 6.32. The third-order valence-electron chi connectivity index (χ3n) is 2.56. The fraction of sp³-hybridized carbons (Fsp3) is 0.308. The summed E-state index contributed by atoms with van der Waals surface area (Å²) in [5, 5.41) is 20.2. The Morgan fingerprint density at radius 2 is 2.15 bits per heavy atom. The maximum absolute atomic E-state index is 12.0. The highest BCUT2D eigenvalue weighted by Gasteiger charge is 2.13. The molecule has 2 amide bonds. The van der Waals surface area contributed by atoms with Gasteiger partial charge in [0.25, 0.3) is 0 Å². The first-order valence-electron chi connectivity index (χ1n) is 5.94. The van der Waals surface area contributed by atoms with Gasteiger partial charge in [-0.15, -0.1) is 0 Å². The number of halogens is 1. The zero-order chi connectivity index (χ0) is 15.1. The predicted octanol–water partition coefficient (Wildman–Crippen LogP) is 2.81. The van der Waals surface area contributed by atoms with E-state index in [0.29, 0.717) is 18.8 Å². The molecule has 6 nitrogen and oxygen atoms in total. The number of hydrogen-bond donors (Lipinski definition) is 2. The van der Waals surface area contributed by atoms with Gasteiger partial charge in [0, 0.05) is 23.8 Å². The highest BCUT2D eigenvalue weighted by molar-refractivity contribution is 6.31. The quantitative estimate of drug-likeness (QED) is 0.873. The number of amides is 2. The van der Waals surface area contributed by atoms with Gasteiger partial charge in [0.2, 0.25) is 0 Å². The lowest BCUT2D eigenvalue weighted by molar-refractivity contribution is 0.0697. The number of urea groups is 1. The van der Waals surface area contributed by atoms with E-state index in [0.717, 1.165) is 0 Å². The summed E-state index contributed by atoms with van der Waals surface area (Å²) in [6, 6.07) is 5.65. The monoisotopic (exact) mass is 295 g/mol. The van der Waals surface area contributed by atoms with Crippen molar-refractivity contribution in [1.29, 1.82) is 5.26 Å². The smallest absolute Gasteiger partial charge is 0.335 e. The van der Waals surface area contributed by atoms with Crippen molar-refractivity contribution < 1.29 is 14.7 Å². The molecule has 0 aliphatic rings. The number of anilines is 1. The Labute approximate surface area is 121 Å². The topological polar surface area (TPSA) is 93.4 Å². The Morgan fingerprint density at radius 1 is 1.45 bits per heavy atom. The average Bonchev–Trinajstić information content (AvgIpc) is 2.38. The van der Waals surface area contributed by atoms with Crippen molar-refractivity contribution in [2.45, 2.75) is 13.3 Å². The second kappa shape index (κ2) is 7.36. The van der Waals surface area contributed by atoms with Crippen LogP contribution in [0.1, 0.15) is 23.7 Å². The van der Waals surface area contributed by atoms with E-state index in [4.69, 9.17) is 22.0 Å². The van der Waals surface area contributed by atoms with Crippen LogP contribution in [0.4, 0.5) is 10.5 Å². The molecule has 1 aromatic carbocycles. The van der Waals surface area contributed by atoms with Crippen molar-refractivity contribution in [3.63, 3.8) is 0 Å². The van der Waals surface area contributed by atoms with Crippen LogP contribution in [0.25, 0.3) is 0 Å². The molecule has 1 rings (SSSR count). The number of nitriles is 1. The molecule has 2 N–H and O–H groups in total. The Balaban J connectivity index is 2.84. The summed E-state index contributed by atoms with van der Waals surface area (Å²) in [6.07, 6.45) is 0.233. The standard InChI is InChI=1S/C13H14ClN3O3/c1-2-17(5-3-4-15)13(20)16-11-7-9(12(18)19)6-10(14)8-11/h6-8H,2-3,5H2,1H3,(H,16,20)(H,18,19). The molecule has 7 heteroatoms. The normalized spacial score (nSPS) is 9.65. The maximum Gasteiger partial charge on any atom is 0.335 e. The summed E-state index contributed by atoms with van der Waals surface area (Å²) in [5.41, 5.74) is 0.295. The second-order valence-electron chi connectivity index (χ2n) is 3.95. The molecule has 0 spiro atoms. The van der Waals surface area contributed by atoms with Crippen molar-refractivity contribution in [2.24, 2.45) is 0 Å². The molecule has 0 bridgehead atoms. The molecule has 0 unspecified atom stereocenters. The number of aromatic carboxylic acids is 1. The number of carboxylic acids is 1. The zero-order valence-electron chi connectivity index (χ0n) is 10.9. The van der Waals surface area contributed by atoms with Crippen LogP contribution in [0.15, 0.2) is 18.2 Å². The summed E-state index contributed by atoms with van der Waals surface area (Å²) >= 11 is 5.80. The zero-order valence-corrected chi connectivity index (χ0v) is 11.6. The molecule has 0 radical (unpaired) electrons. The number of nitrogens with zero attached hydrogens (tertiary/aromatic N) is 2. The largest absolute Gasteiger partial charge is 0.478 e. The van der Waals surface area contributed by atoms with Gasteiger partial charge in [-0.05, 0) is 25.1 Å². The number of carbonyl (C=O) groups is 2. The van der Waals surface area contributed by atoms with Crippen LogP contribution in [0.2, 0.25) is 5.02 Å². The molecule has 0 aliphatic heterocycles. The lowest BCUT2D eigenvalue weighted by Crippen LogP contribution is -2.35. The van der Waals surface area contributed by atoms with E-state index in [1.54, 1.807) is 6.92 Å². The van der Waals surface area contributed by atoms with Gasteiger partial charge >= 0.3 is 12.0 Å². The summed E-state index contributed by atoms with van der Waals surface area (Å²) in [6.45, 7) is 2.54. The predicted molar refractivity (Wildman–Crippen MR) is 74.9 cm³/mol. The van der Waals surface area contributed by atoms with E-state index in [-0.39, 0.29) is 17.0 Å². The van der Waals surface area contributed by atoms with Gasteiger partial charge in [0.1, 0.15) is 0 Å². The highest BCUT2D eigenvalue weighted by atomic mass is 35.5. The number of rotatable bonds is 5. The van der Waals surface area contributed by atoms with E-state index in [2.05, 4.69) is 5.32 Å². The van der Waals surface area contributed by atoms with E-state index in [1.807, 2.05) is 6.07 Å². The van der Waals surface area contributed by atoms with Crippen LogP contribution in [-0.2, 0) is 0 Å². The lowest BCUT2D eigenvalue weighted by Gasteiger charge is -2.20. The van der Waals surface area contributed by atoms with Crippen molar-refractivity contribution in [2.75, 3.05) is 18.4 Å². The van der Waals surface area contributed by atoms with Crippen LogP contribution in [0, 0.1) is 11.3 Å². The van der Waals surface area contributed by atoms with Crippen molar-refractivity contribution >= 4 is 29.3 Å². The molecule has 1 aromatic rings. The number of carbonyl (C=O) groups excluding carboxylic acids is 1. The summed E-state index contributed by atoms with van der Waals surface area (Å²) in [5.74, 6) is -1.13. The van der Waals surface area contributed by atoms with Crippen LogP contribution in [-0.4, -0.2) is 35.1 Å². The van der Waals surface area contributed by atoms with Crippen molar-refractivity contribution in [1.82, 2.24) is 4.90 Å². The molecule has 0 fully saturated rings. The van der Waals surface area contributed by atoms with Gasteiger partial charge < -0.3 is 15.3 Å². The molecular weight excluding hydrogens is 282 g/mol. The Morgan fingerprint density at radius 3 is 2.70 bits per heavy atom. The number of carboxylic acid groups (broad SMARTS) is 1. The first-order chi connectivity index (χ1) is 9.47. The fourth-order valence-electron chi connectivity index (χ4n) is 1.58. The molecule has 20 heavy (non-hydrogen) atoms. The highest BCUT2D eigenvalue weighted by Crippen LogP contribution is 2.19. The molecule has 0 atom stereocenters. The van der Waals surface area contributed by atoms with Gasteiger partial charge in [-0.3, -0.25) is 0 Å². The molecule has 0 aliphatic carbocycles. The first kappa shape index (κ1) is 15.8. The molecule has 0 saturated heterocycles. The van der Waals surface area contributed by atoms with E-state index >= 15 is 0 Å². The molecule has 106 valence electrons. The Bertz CT molecular complexity index is 554. The second-order valence-corrected chi connectivity index (χ2v) is 4.39. The number of nitrogens with one attached hydrogen (secondary N) is 1. The van der Waals surface area contributed by atoms with Gasteiger partial charge in [0.05, 0.1) is 18.1 Å². The minimum absolute atomic E-state index is 0.00660. The third-order valence-corrected chi connectivity index (χ3v) is 2.78. The fourth-order valence-corrected chi connectivity index (χ4v) is 1.81. The van der Waals surface area contributed by atoms with Crippen molar-refractivity contribution in [3.05, 3.63) is 28.8 Å². The van der Waals surface area contributed by atoms with Gasteiger partial charge in [0.15, 0.2) is 0 Å². The van der Waals surface area contributed by atoms with E-state index in [1.165, 1.54) is 23.1 Å². The van der Waals surface area contributed by atoms with Crippen molar-refractivity contribution in [3.8, 4) is 6.07 Å². The summed E-state index contributed by atoms with van der Waals surface area (Å²) in [4.78, 5) is 24.3. The van der Waals surface area contributed by atoms with Gasteiger partial charge in [-0.1, -0.05) is 11.6 Å². The summed E-state index contributed by atoms with van der Waals surface area (Å²) < 4.78 is 0. The molecule has 0 aromatic heterocycles.